The number of hydrogen-bond acceptors (Lipinski definition) is 2. The molecule has 0 aromatic carbocycles. The summed E-state index contributed by atoms with van der Waals surface area (Å²) in [6.07, 6.45) is 3.66. The highest BCUT2D eigenvalue weighted by Crippen LogP contribution is 1.88. The number of allylic oxidation sites excluding steroid dienone is 2. The molecule has 3 N–H and O–H groups in total. The van der Waals surface area contributed by atoms with Crippen molar-refractivity contribution in [2.75, 3.05) is 0 Å². The first kappa shape index (κ1) is 8.24. The Bertz CT molecular complexity index is 114. The topological polar surface area (TPSA) is 38.0 Å². The van der Waals surface area contributed by atoms with Crippen molar-refractivity contribution in [2.24, 2.45) is 5.73 Å². The van der Waals surface area contributed by atoms with E-state index in [0.717, 1.165) is 5.70 Å². The maximum Gasteiger partial charge on any atom is 0.0714 e. The smallest absolute Gasteiger partial charge is 0.0714 e. The first-order chi connectivity index (χ1) is 4.20. The van der Waals surface area contributed by atoms with E-state index in [1.807, 2.05) is 19.9 Å². The predicted octanol–water partition coefficient (Wildman–Crippen LogP) is 0.970. The van der Waals surface area contributed by atoms with Gasteiger partial charge >= 0.3 is 0 Å². The zero-order chi connectivity index (χ0) is 7.28. The predicted molar refractivity (Wildman–Crippen MR) is 40.7 cm³/mol. The summed E-state index contributed by atoms with van der Waals surface area (Å²) >= 11 is 0. The Balaban J connectivity index is 3.71. The third-order valence-corrected chi connectivity index (χ3v) is 0.925. The summed E-state index contributed by atoms with van der Waals surface area (Å²) in [6.45, 7) is 7.42. The molecule has 1 unspecified atom stereocenters. The van der Waals surface area contributed by atoms with E-state index in [-0.39, 0.29) is 6.17 Å². The molecular weight excluding hydrogens is 112 g/mol. The third kappa shape index (κ3) is 3.79. The van der Waals surface area contributed by atoms with Crippen molar-refractivity contribution in [1.82, 2.24) is 5.32 Å². The highest BCUT2D eigenvalue weighted by Gasteiger charge is 1.90. The zero-order valence-electron chi connectivity index (χ0n) is 6.02. The van der Waals surface area contributed by atoms with E-state index in [1.165, 1.54) is 0 Å². The zero-order valence-corrected chi connectivity index (χ0v) is 6.02. The number of nitrogens with one attached hydrogen (secondary N) is 1. The van der Waals surface area contributed by atoms with Crippen molar-refractivity contribution in [3.8, 4) is 0 Å². The molecule has 0 spiro atoms. The van der Waals surface area contributed by atoms with E-state index < -0.39 is 0 Å². The Morgan fingerprint density at radius 2 is 2.33 bits per heavy atom. The molecule has 0 aliphatic rings. The van der Waals surface area contributed by atoms with Gasteiger partial charge in [0.05, 0.1) is 6.17 Å². The van der Waals surface area contributed by atoms with Gasteiger partial charge in [0.1, 0.15) is 0 Å². The van der Waals surface area contributed by atoms with Crippen LogP contribution in [0.25, 0.3) is 0 Å². The first-order valence-corrected chi connectivity index (χ1v) is 3.01. The van der Waals surface area contributed by atoms with E-state index in [9.17, 15) is 0 Å². The molecule has 0 amide bonds. The minimum Gasteiger partial charge on any atom is -0.371 e. The molecule has 0 aromatic heterocycles. The van der Waals surface area contributed by atoms with Crippen LogP contribution in [0.1, 0.15) is 13.8 Å². The summed E-state index contributed by atoms with van der Waals surface area (Å²) in [5.74, 6) is 0. The van der Waals surface area contributed by atoms with Crippen molar-refractivity contribution in [1.29, 1.82) is 0 Å². The lowest BCUT2D eigenvalue weighted by Gasteiger charge is -2.08. The summed E-state index contributed by atoms with van der Waals surface area (Å²) in [5.41, 5.74) is 6.42. The maximum absolute atomic E-state index is 5.44. The average molecular weight is 126 g/mol. The summed E-state index contributed by atoms with van der Waals surface area (Å²) in [5, 5.41) is 3.00. The van der Waals surface area contributed by atoms with Gasteiger partial charge in [-0.25, -0.2) is 0 Å². The molecule has 2 heteroatoms. The number of rotatable bonds is 3. The van der Waals surface area contributed by atoms with Crippen LogP contribution in [-0.2, 0) is 0 Å². The standard InChI is InChI=1S/C7H14N2/c1-4-7(5-2)9-6(3)8/h4-6,9H,1,8H2,2-3H3/b7-5+. The maximum atomic E-state index is 5.44. The molecule has 9 heavy (non-hydrogen) atoms. The van der Waals surface area contributed by atoms with E-state index >= 15 is 0 Å². The van der Waals surface area contributed by atoms with Gasteiger partial charge in [0, 0.05) is 5.70 Å². The van der Waals surface area contributed by atoms with Gasteiger partial charge in [0.25, 0.3) is 0 Å². The normalized spacial score (nSPS) is 14.8. The molecule has 0 saturated carbocycles. The molecule has 0 saturated heterocycles. The van der Waals surface area contributed by atoms with Gasteiger partial charge in [-0.1, -0.05) is 12.7 Å². The minimum absolute atomic E-state index is 0.00537. The molecule has 0 radical (unpaired) electrons. The van der Waals surface area contributed by atoms with Crippen LogP contribution in [0.5, 0.6) is 0 Å². The van der Waals surface area contributed by atoms with Crippen molar-refractivity contribution in [2.45, 2.75) is 20.0 Å². The lowest BCUT2D eigenvalue weighted by molar-refractivity contribution is 0.650. The van der Waals surface area contributed by atoms with E-state index in [0.29, 0.717) is 0 Å². The van der Waals surface area contributed by atoms with E-state index in [4.69, 9.17) is 5.73 Å². The number of nitrogens with two attached hydrogens (primary N) is 1. The molecule has 0 fully saturated rings. The molecule has 52 valence electrons. The Morgan fingerprint density at radius 1 is 1.78 bits per heavy atom. The Morgan fingerprint density at radius 3 is 2.44 bits per heavy atom. The van der Waals surface area contributed by atoms with Crippen LogP contribution in [0, 0.1) is 0 Å². The Hall–Kier alpha value is -0.760. The molecule has 0 aliphatic carbocycles. The van der Waals surface area contributed by atoms with Crippen LogP contribution in [-0.4, -0.2) is 6.17 Å². The molecule has 0 aromatic rings. The van der Waals surface area contributed by atoms with Gasteiger partial charge in [0.15, 0.2) is 0 Å². The van der Waals surface area contributed by atoms with Gasteiger partial charge in [0.2, 0.25) is 0 Å². The van der Waals surface area contributed by atoms with Crippen LogP contribution in [0.4, 0.5) is 0 Å². The lowest BCUT2D eigenvalue weighted by Crippen LogP contribution is -2.32. The fraction of sp³-hybridized carbons (Fsp3) is 0.429. The largest absolute Gasteiger partial charge is 0.371 e. The van der Waals surface area contributed by atoms with Gasteiger partial charge in [-0.3, -0.25) is 0 Å². The quantitative estimate of drug-likeness (QED) is 0.437. The first-order valence-electron chi connectivity index (χ1n) is 3.01. The second-order valence-corrected chi connectivity index (χ2v) is 1.88. The molecule has 2 nitrogen and oxygen atoms in total. The van der Waals surface area contributed by atoms with Crippen LogP contribution < -0.4 is 11.1 Å². The molecule has 0 aliphatic heterocycles. The van der Waals surface area contributed by atoms with Crippen molar-refractivity contribution in [3.05, 3.63) is 24.4 Å². The lowest BCUT2D eigenvalue weighted by atomic mass is 10.4. The Labute approximate surface area is 56.4 Å². The summed E-state index contributed by atoms with van der Waals surface area (Å²) in [7, 11) is 0. The molecule has 0 bridgehead atoms. The molecule has 1 atom stereocenters. The van der Waals surface area contributed by atoms with Gasteiger partial charge in [-0.05, 0) is 19.9 Å². The highest BCUT2D eigenvalue weighted by molar-refractivity contribution is 5.12. The highest BCUT2D eigenvalue weighted by atomic mass is 15.0. The monoisotopic (exact) mass is 126 g/mol. The van der Waals surface area contributed by atoms with Crippen LogP contribution in [0.2, 0.25) is 0 Å². The van der Waals surface area contributed by atoms with Crippen molar-refractivity contribution < 1.29 is 0 Å². The second-order valence-electron chi connectivity index (χ2n) is 1.88. The molecular formula is C7H14N2. The summed E-state index contributed by atoms with van der Waals surface area (Å²) < 4.78 is 0. The van der Waals surface area contributed by atoms with Gasteiger partial charge in [-0.2, -0.15) is 0 Å². The summed E-state index contributed by atoms with van der Waals surface area (Å²) in [6, 6.07) is 0. The van der Waals surface area contributed by atoms with E-state index in [2.05, 4.69) is 11.9 Å². The fourth-order valence-corrected chi connectivity index (χ4v) is 0.523. The molecule has 0 rings (SSSR count). The average Bonchev–Trinajstić information content (AvgIpc) is 1.82. The minimum atomic E-state index is -0.00537. The van der Waals surface area contributed by atoms with Crippen LogP contribution in [0.15, 0.2) is 24.4 Å². The van der Waals surface area contributed by atoms with Crippen molar-refractivity contribution in [3.63, 3.8) is 0 Å². The number of hydrogen-bond donors (Lipinski definition) is 2. The van der Waals surface area contributed by atoms with Crippen LogP contribution >= 0.6 is 0 Å². The van der Waals surface area contributed by atoms with Gasteiger partial charge in [-0.15, -0.1) is 0 Å². The SMILES string of the molecule is C=C/C(=C\C)NC(C)N. The van der Waals surface area contributed by atoms with Gasteiger partial charge < -0.3 is 11.1 Å². The van der Waals surface area contributed by atoms with Crippen LogP contribution in [0.3, 0.4) is 0 Å². The Kier molecular flexibility index (Phi) is 3.80. The van der Waals surface area contributed by atoms with E-state index in [1.54, 1.807) is 6.08 Å². The van der Waals surface area contributed by atoms with Crippen molar-refractivity contribution >= 4 is 0 Å². The second kappa shape index (κ2) is 4.15. The fourth-order valence-electron chi connectivity index (χ4n) is 0.523. The molecule has 0 heterocycles. The summed E-state index contributed by atoms with van der Waals surface area (Å²) in [4.78, 5) is 0. The third-order valence-electron chi connectivity index (χ3n) is 0.925.